The van der Waals surface area contributed by atoms with Gasteiger partial charge in [-0.3, -0.25) is 14.5 Å². The van der Waals surface area contributed by atoms with Crippen LogP contribution in [0, 0.1) is 0 Å². The Hall–Kier alpha value is -1.14. The minimum atomic E-state index is -0.435. The molecule has 0 N–H and O–H groups in total. The molecule has 19 heavy (non-hydrogen) atoms. The third kappa shape index (κ3) is 3.67. The fourth-order valence-electron chi connectivity index (χ4n) is 2.54. The molecule has 0 bridgehead atoms. The van der Waals surface area contributed by atoms with E-state index in [1.54, 1.807) is 14.1 Å². The van der Waals surface area contributed by atoms with E-state index in [4.69, 9.17) is 4.74 Å². The Morgan fingerprint density at radius 2 is 1.89 bits per heavy atom. The molecule has 2 fully saturated rings. The highest BCUT2D eigenvalue weighted by atomic mass is 16.5. The normalized spacial score (nSPS) is 24.5. The van der Waals surface area contributed by atoms with E-state index in [-0.39, 0.29) is 11.8 Å². The summed E-state index contributed by atoms with van der Waals surface area (Å²) < 4.78 is 5.48. The van der Waals surface area contributed by atoms with Gasteiger partial charge >= 0.3 is 0 Å². The van der Waals surface area contributed by atoms with Gasteiger partial charge in [0, 0.05) is 40.3 Å². The lowest BCUT2D eigenvalue weighted by molar-refractivity contribution is -0.149. The van der Waals surface area contributed by atoms with Gasteiger partial charge in [-0.1, -0.05) is 0 Å². The van der Waals surface area contributed by atoms with Gasteiger partial charge in [-0.15, -0.1) is 0 Å². The van der Waals surface area contributed by atoms with Gasteiger partial charge in [-0.2, -0.15) is 0 Å². The van der Waals surface area contributed by atoms with Gasteiger partial charge in [0.1, 0.15) is 6.10 Å². The van der Waals surface area contributed by atoms with Crippen LogP contribution in [-0.4, -0.2) is 86.0 Å². The zero-order chi connectivity index (χ0) is 13.8. The average Bonchev–Trinajstić information content (AvgIpc) is 2.92. The van der Waals surface area contributed by atoms with Crippen LogP contribution in [0.3, 0.4) is 0 Å². The molecule has 6 nitrogen and oxygen atoms in total. The van der Waals surface area contributed by atoms with Crippen molar-refractivity contribution in [2.75, 3.05) is 53.4 Å². The molecule has 0 aromatic rings. The highest BCUT2D eigenvalue weighted by molar-refractivity contribution is 5.81. The molecule has 2 heterocycles. The number of morpholine rings is 1. The summed E-state index contributed by atoms with van der Waals surface area (Å²) in [6.45, 7) is 3.90. The van der Waals surface area contributed by atoms with Crippen molar-refractivity contribution in [1.82, 2.24) is 14.7 Å². The SMILES string of the molecule is CN(C)C(=O)[C@H]1CN(CC(=O)N2CCCC2)CCO1. The molecule has 2 aliphatic heterocycles. The highest BCUT2D eigenvalue weighted by Gasteiger charge is 2.29. The molecule has 0 aliphatic carbocycles. The van der Waals surface area contributed by atoms with Gasteiger partial charge < -0.3 is 14.5 Å². The van der Waals surface area contributed by atoms with Crippen molar-refractivity contribution < 1.29 is 14.3 Å². The fraction of sp³-hybridized carbons (Fsp3) is 0.846. The van der Waals surface area contributed by atoms with Crippen LogP contribution in [0.1, 0.15) is 12.8 Å². The predicted molar refractivity (Wildman–Crippen MR) is 70.7 cm³/mol. The van der Waals surface area contributed by atoms with E-state index < -0.39 is 6.10 Å². The smallest absolute Gasteiger partial charge is 0.252 e. The van der Waals surface area contributed by atoms with Crippen LogP contribution in [-0.2, 0) is 14.3 Å². The molecule has 0 aromatic carbocycles. The molecular formula is C13H23N3O3. The number of carbonyl (C=O) groups excluding carboxylic acids is 2. The molecule has 1 atom stereocenters. The summed E-state index contributed by atoms with van der Waals surface area (Å²) in [5.41, 5.74) is 0. The largest absolute Gasteiger partial charge is 0.366 e. The number of hydrogen-bond acceptors (Lipinski definition) is 4. The summed E-state index contributed by atoms with van der Waals surface area (Å²) in [5.74, 6) is 0.147. The summed E-state index contributed by atoms with van der Waals surface area (Å²) in [5, 5.41) is 0. The lowest BCUT2D eigenvalue weighted by Gasteiger charge is -2.33. The number of likely N-dealkylation sites (tertiary alicyclic amines) is 1. The number of nitrogens with zero attached hydrogens (tertiary/aromatic N) is 3. The van der Waals surface area contributed by atoms with Crippen molar-refractivity contribution >= 4 is 11.8 Å². The van der Waals surface area contributed by atoms with E-state index in [9.17, 15) is 9.59 Å². The van der Waals surface area contributed by atoms with E-state index in [2.05, 4.69) is 0 Å². The second kappa shape index (κ2) is 6.34. The van der Waals surface area contributed by atoms with Crippen molar-refractivity contribution in [2.24, 2.45) is 0 Å². The van der Waals surface area contributed by atoms with Crippen LogP contribution in [0.25, 0.3) is 0 Å². The Balaban J connectivity index is 1.83. The third-order valence-electron chi connectivity index (χ3n) is 3.68. The molecule has 0 aromatic heterocycles. The van der Waals surface area contributed by atoms with E-state index in [1.807, 2.05) is 9.80 Å². The Morgan fingerprint density at radius 1 is 1.21 bits per heavy atom. The Bertz CT molecular complexity index is 340. The monoisotopic (exact) mass is 269 g/mol. The summed E-state index contributed by atoms with van der Waals surface area (Å²) in [6.07, 6.45) is 1.78. The molecular weight excluding hydrogens is 246 g/mol. The van der Waals surface area contributed by atoms with Crippen molar-refractivity contribution in [1.29, 1.82) is 0 Å². The molecule has 2 amide bonds. The third-order valence-corrected chi connectivity index (χ3v) is 3.68. The number of hydrogen-bond donors (Lipinski definition) is 0. The standard InChI is InChI=1S/C13H23N3O3/c1-14(2)13(18)11-9-15(7-8-19-11)10-12(17)16-5-3-4-6-16/h11H,3-10H2,1-2H3/t11-/m1/s1. The van der Waals surface area contributed by atoms with Crippen LogP contribution < -0.4 is 0 Å². The molecule has 0 radical (unpaired) electrons. The van der Waals surface area contributed by atoms with Gasteiger partial charge in [-0.05, 0) is 12.8 Å². The van der Waals surface area contributed by atoms with Crippen LogP contribution in [0.5, 0.6) is 0 Å². The summed E-state index contributed by atoms with van der Waals surface area (Å²) in [7, 11) is 3.44. The molecule has 6 heteroatoms. The number of amides is 2. The van der Waals surface area contributed by atoms with E-state index in [0.717, 1.165) is 32.5 Å². The first kappa shape index (κ1) is 14.3. The average molecular weight is 269 g/mol. The van der Waals surface area contributed by atoms with Crippen molar-refractivity contribution in [3.63, 3.8) is 0 Å². The number of rotatable bonds is 3. The molecule has 108 valence electrons. The molecule has 0 saturated carbocycles. The number of carbonyl (C=O) groups is 2. The number of ether oxygens (including phenoxy) is 1. The molecule has 2 saturated heterocycles. The van der Waals surface area contributed by atoms with Crippen LogP contribution in [0.4, 0.5) is 0 Å². The predicted octanol–water partition coefficient (Wildman–Crippen LogP) is -0.602. The Morgan fingerprint density at radius 3 is 2.53 bits per heavy atom. The van der Waals surface area contributed by atoms with Crippen molar-refractivity contribution in [3.8, 4) is 0 Å². The Labute approximate surface area is 114 Å². The first-order valence-corrected chi connectivity index (χ1v) is 6.91. The second-order valence-corrected chi connectivity index (χ2v) is 5.42. The van der Waals surface area contributed by atoms with Gasteiger partial charge in [0.05, 0.1) is 13.2 Å². The minimum absolute atomic E-state index is 0.0293. The van der Waals surface area contributed by atoms with E-state index in [0.29, 0.717) is 19.7 Å². The molecule has 0 unspecified atom stereocenters. The summed E-state index contributed by atoms with van der Waals surface area (Å²) in [6, 6.07) is 0. The van der Waals surface area contributed by atoms with Gasteiger partial charge in [-0.25, -0.2) is 0 Å². The first-order chi connectivity index (χ1) is 9.08. The summed E-state index contributed by atoms with van der Waals surface area (Å²) >= 11 is 0. The maximum atomic E-state index is 12.1. The quantitative estimate of drug-likeness (QED) is 0.686. The maximum Gasteiger partial charge on any atom is 0.252 e. The topological polar surface area (TPSA) is 53.1 Å². The van der Waals surface area contributed by atoms with Gasteiger partial charge in [0.15, 0.2) is 0 Å². The first-order valence-electron chi connectivity index (χ1n) is 6.91. The van der Waals surface area contributed by atoms with E-state index in [1.165, 1.54) is 4.90 Å². The lowest BCUT2D eigenvalue weighted by Crippen LogP contribution is -2.52. The van der Waals surface area contributed by atoms with Gasteiger partial charge in [0.2, 0.25) is 5.91 Å². The van der Waals surface area contributed by atoms with Gasteiger partial charge in [0.25, 0.3) is 5.91 Å². The molecule has 2 rings (SSSR count). The number of likely N-dealkylation sites (N-methyl/N-ethyl adjacent to an activating group) is 1. The van der Waals surface area contributed by atoms with Crippen LogP contribution in [0.2, 0.25) is 0 Å². The van der Waals surface area contributed by atoms with Crippen LogP contribution in [0.15, 0.2) is 0 Å². The maximum absolute atomic E-state index is 12.1. The van der Waals surface area contributed by atoms with Crippen molar-refractivity contribution in [3.05, 3.63) is 0 Å². The molecule has 2 aliphatic rings. The second-order valence-electron chi connectivity index (χ2n) is 5.42. The zero-order valence-electron chi connectivity index (χ0n) is 11.8. The highest BCUT2D eigenvalue weighted by Crippen LogP contribution is 2.11. The summed E-state index contributed by atoms with van der Waals surface area (Å²) in [4.78, 5) is 29.4. The zero-order valence-corrected chi connectivity index (χ0v) is 11.8. The van der Waals surface area contributed by atoms with Crippen molar-refractivity contribution in [2.45, 2.75) is 18.9 Å². The molecule has 0 spiro atoms. The Kier molecular flexibility index (Phi) is 4.76. The van der Waals surface area contributed by atoms with E-state index >= 15 is 0 Å². The minimum Gasteiger partial charge on any atom is -0.366 e. The fourth-order valence-corrected chi connectivity index (χ4v) is 2.54. The lowest BCUT2D eigenvalue weighted by atomic mass is 10.2. The van der Waals surface area contributed by atoms with Crippen LogP contribution >= 0.6 is 0 Å².